The van der Waals surface area contributed by atoms with E-state index >= 15 is 0 Å². The zero-order valence-corrected chi connectivity index (χ0v) is 14.3. The van der Waals surface area contributed by atoms with Crippen LogP contribution in [0.25, 0.3) is 11.1 Å². The molecule has 25 heavy (non-hydrogen) atoms. The molecule has 2 aliphatic heterocycles. The van der Waals surface area contributed by atoms with Crippen LogP contribution >= 0.6 is 0 Å². The molecule has 130 valence electrons. The molecule has 0 amide bonds. The third kappa shape index (κ3) is 2.89. The minimum absolute atomic E-state index is 0.297. The largest absolute Gasteiger partial charge is 0.505 e. The summed E-state index contributed by atoms with van der Waals surface area (Å²) in [5.74, 6) is 0.260. The topological polar surface area (TPSA) is 53.9 Å². The van der Waals surface area contributed by atoms with Gasteiger partial charge in [0.15, 0.2) is 11.6 Å². The number of benzene rings is 2. The first kappa shape index (κ1) is 16.1. The maximum Gasteiger partial charge on any atom is 0.165 e. The highest BCUT2D eigenvalue weighted by Gasteiger charge is 2.36. The number of fused-ring (bicyclic) bond motifs is 1. The van der Waals surface area contributed by atoms with E-state index in [-0.39, 0.29) is 11.4 Å². The van der Waals surface area contributed by atoms with E-state index in [2.05, 4.69) is 24.2 Å². The zero-order chi connectivity index (χ0) is 17.6. The molecule has 2 aliphatic rings. The van der Waals surface area contributed by atoms with Crippen molar-refractivity contribution in [3.8, 4) is 22.6 Å². The summed E-state index contributed by atoms with van der Waals surface area (Å²) in [5, 5.41) is 12.7. The molecule has 0 atom stereocenters. The summed E-state index contributed by atoms with van der Waals surface area (Å²) in [5.41, 5.74) is 3.35. The van der Waals surface area contributed by atoms with Gasteiger partial charge >= 0.3 is 0 Å². The Balaban J connectivity index is 1.74. The fourth-order valence-electron chi connectivity index (χ4n) is 3.28. The first-order valence-electron chi connectivity index (χ1n) is 8.49. The van der Waals surface area contributed by atoms with Gasteiger partial charge in [0.05, 0.1) is 6.54 Å². The van der Waals surface area contributed by atoms with E-state index in [4.69, 9.17) is 4.74 Å². The van der Waals surface area contributed by atoms with Crippen LogP contribution in [0.15, 0.2) is 35.3 Å². The molecular formula is C20H21FN2O2. The van der Waals surface area contributed by atoms with Crippen molar-refractivity contribution in [1.82, 2.24) is 5.32 Å². The fraction of sp³-hybridized carbons (Fsp3) is 0.350. The Morgan fingerprint density at radius 3 is 2.68 bits per heavy atom. The average Bonchev–Trinajstić information content (AvgIpc) is 2.96. The Bertz CT molecular complexity index is 857. The molecule has 1 fully saturated rings. The van der Waals surface area contributed by atoms with Crippen molar-refractivity contribution in [3.05, 3.63) is 47.3 Å². The van der Waals surface area contributed by atoms with Crippen molar-refractivity contribution >= 4 is 6.21 Å². The second-order valence-corrected chi connectivity index (χ2v) is 7.24. The third-order valence-electron chi connectivity index (χ3n) is 5.13. The van der Waals surface area contributed by atoms with Crippen LogP contribution in [0.4, 0.5) is 4.39 Å². The van der Waals surface area contributed by atoms with E-state index in [1.165, 1.54) is 12.1 Å². The lowest BCUT2D eigenvalue weighted by molar-refractivity contribution is 0.0180. The summed E-state index contributed by atoms with van der Waals surface area (Å²) < 4.78 is 20.1. The van der Waals surface area contributed by atoms with Crippen LogP contribution in [0.1, 0.15) is 25.0 Å². The molecule has 2 aromatic rings. The van der Waals surface area contributed by atoms with Crippen molar-refractivity contribution in [2.24, 2.45) is 10.9 Å². The van der Waals surface area contributed by atoms with Crippen LogP contribution in [0.3, 0.4) is 0 Å². The molecule has 4 rings (SSSR count). The van der Waals surface area contributed by atoms with Crippen molar-refractivity contribution in [2.75, 3.05) is 13.1 Å². The van der Waals surface area contributed by atoms with Gasteiger partial charge in [0, 0.05) is 30.8 Å². The molecule has 0 bridgehead atoms. The monoisotopic (exact) mass is 340 g/mol. The lowest BCUT2D eigenvalue weighted by atomic mass is 9.85. The highest BCUT2D eigenvalue weighted by Crippen LogP contribution is 2.37. The second-order valence-electron chi connectivity index (χ2n) is 7.24. The molecule has 0 saturated carbocycles. The number of ether oxygens (including phenoxy) is 1. The Kier molecular flexibility index (Phi) is 3.76. The summed E-state index contributed by atoms with van der Waals surface area (Å²) in [6.45, 7) is 6.71. The summed E-state index contributed by atoms with van der Waals surface area (Å²) in [6, 6.07) is 8.38. The number of hydrogen-bond donors (Lipinski definition) is 2. The number of hydrogen-bond acceptors (Lipinski definition) is 4. The minimum Gasteiger partial charge on any atom is -0.505 e. The molecule has 0 spiro atoms. The van der Waals surface area contributed by atoms with Gasteiger partial charge in [-0.2, -0.15) is 0 Å². The highest BCUT2D eigenvalue weighted by molar-refractivity contribution is 5.90. The van der Waals surface area contributed by atoms with E-state index in [1.807, 2.05) is 18.3 Å². The Labute approximate surface area is 146 Å². The SMILES string of the molecule is CC(C)(Oc1cc(-c2ccc(O)c(F)c2)cc2c1C=NC2)C1CNC1. The van der Waals surface area contributed by atoms with Crippen LogP contribution in [0, 0.1) is 11.7 Å². The zero-order valence-electron chi connectivity index (χ0n) is 14.3. The predicted molar refractivity (Wildman–Crippen MR) is 95.9 cm³/mol. The molecule has 0 radical (unpaired) electrons. The standard InChI is InChI=1S/C20H21FN2O2/c1-20(2,15-9-23-10-15)25-19-7-13(5-14-8-22-11-16(14)19)12-3-4-18(24)17(21)6-12/h3-7,11,15,23-24H,8-10H2,1-2H3. The lowest BCUT2D eigenvalue weighted by Crippen LogP contribution is -2.55. The normalized spacial score (nSPS) is 16.6. The summed E-state index contributed by atoms with van der Waals surface area (Å²) >= 11 is 0. The van der Waals surface area contributed by atoms with Crippen LogP contribution < -0.4 is 10.1 Å². The van der Waals surface area contributed by atoms with Gasteiger partial charge in [0.25, 0.3) is 0 Å². The van der Waals surface area contributed by atoms with Crippen LogP contribution in [-0.4, -0.2) is 30.0 Å². The molecule has 0 aromatic heterocycles. The smallest absolute Gasteiger partial charge is 0.165 e. The predicted octanol–water partition coefficient (Wildman–Crippen LogP) is 3.51. The molecular weight excluding hydrogens is 319 g/mol. The van der Waals surface area contributed by atoms with E-state index in [9.17, 15) is 9.50 Å². The second kappa shape index (κ2) is 5.85. The number of aromatic hydroxyl groups is 1. The molecule has 2 aromatic carbocycles. The van der Waals surface area contributed by atoms with Crippen molar-refractivity contribution in [1.29, 1.82) is 0 Å². The number of phenolic OH excluding ortho intramolecular Hbond substituents is 1. The molecule has 0 unspecified atom stereocenters. The maximum absolute atomic E-state index is 13.8. The van der Waals surface area contributed by atoms with Gasteiger partial charge in [-0.3, -0.25) is 4.99 Å². The van der Waals surface area contributed by atoms with Crippen molar-refractivity contribution in [3.63, 3.8) is 0 Å². The minimum atomic E-state index is -0.627. The number of aliphatic imine (C=N–C) groups is 1. The maximum atomic E-state index is 13.8. The average molecular weight is 340 g/mol. The molecule has 0 aliphatic carbocycles. The number of rotatable bonds is 4. The summed E-state index contributed by atoms with van der Waals surface area (Å²) in [6.07, 6.45) is 1.85. The Morgan fingerprint density at radius 1 is 1.20 bits per heavy atom. The molecule has 2 heterocycles. The molecule has 2 N–H and O–H groups in total. The van der Waals surface area contributed by atoms with Gasteiger partial charge in [-0.15, -0.1) is 0 Å². The van der Waals surface area contributed by atoms with E-state index in [1.54, 1.807) is 6.07 Å². The highest BCUT2D eigenvalue weighted by atomic mass is 19.1. The quantitative estimate of drug-likeness (QED) is 0.895. The fourth-order valence-corrected chi connectivity index (χ4v) is 3.28. The Hall–Kier alpha value is -2.40. The third-order valence-corrected chi connectivity index (χ3v) is 5.13. The first-order chi connectivity index (χ1) is 11.9. The molecule has 1 saturated heterocycles. The van der Waals surface area contributed by atoms with E-state index in [0.717, 1.165) is 35.5 Å². The van der Waals surface area contributed by atoms with Crippen LogP contribution in [0.2, 0.25) is 0 Å². The van der Waals surface area contributed by atoms with Gasteiger partial charge in [-0.05, 0) is 54.8 Å². The van der Waals surface area contributed by atoms with Gasteiger partial charge in [0.2, 0.25) is 0 Å². The van der Waals surface area contributed by atoms with Crippen LogP contribution in [0.5, 0.6) is 11.5 Å². The van der Waals surface area contributed by atoms with Gasteiger partial charge in [0.1, 0.15) is 11.4 Å². The number of nitrogens with zero attached hydrogens (tertiary/aromatic N) is 1. The first-order valence-corrected chi connectivity index (χ1v) is 8.49. The molecule has 4 nitrogen and oxygen atoms in total. The Morgan fingerprint density at radius 2 is 2.00 bits per heavy atom. The van der Waals surface area contributed by atoms with Gasteiger partial charge in [-0.1, -0.05) is 6.07 Å². The van der Waals surface area contributed by atoms with Crippen molar-refractivity contribution < 1.29 is 14.2 Å². The van der Waals surface area contributed by atoms with E-state index < -0.39 is 5.82 Å². The number of nitrogens with one attached hydrogen (secondary N) is 1. The summed E-state index contributed by atoms with van der Waals surface area (Å²) in [7, 11) is 0. The summed E-state index contributed by atoms with van der Waals surface area (Å²) in [4.78, 5) is 4.36. The van der Waals surface area contributed by atoms with Crippen LogP contribution in [-0.2, 0) is 6.54 Å². The number of phenols is 1. The van der Waals surface area contributed by atoms with Gasteiger partial charge in [-0.25, -0.2) is 4.39 Å². The van der Waals surface area contributed by atoms with E-state index in [0.29, 0.717) is 18.0 Å². The van der Waals surface area contributed by atoms with Crippen molar-refractivity contribution in [2.45, 2.75) is 26.0 Å². The lowest BCUT2D eigenvalue weighted by Gasteiger charge is -2.41. The number of halogens is 1. The van der Waals surface area contributed by atoms with Gasteiger partial charge < -0.3 is 15.2 Å². The molecule has 5 heteroatoms.